The maximum atomic E-state index is 13.7. The molecular formula is C33H37FN6O4. The van der Waals surface area contributed by atoms with E-state index >= 15 is 0 Å². The Bertz CT molecular complexity index is 1540. The number of aromatic nitrogens is 2. The summed E-state index contributed by atoms with van der Waals surface area (Å²) < 4.78 is 25.7. The van der Waals surface area contributed by atoms with Gasteiger partial charge in [-0.1, -0.05) is 0 Å². The number of rotatable bonds is 11. The second-order valence-electron chi connectivity index (χ2n) is 12.0. The van der Waals surface area contributed by atoms with Crippen LogP contribution in [-0.4, -0.2) is 84.0 Å². The van der Waals surface area contributed by atoms with Crippen molar-refractivity contribution in [2.24, 2.45) is 5.41 Å². The smallest absolute Gasteiger partial charge is 0.274 e. The van der Waals surface area contributed by atoms with Crippen molar-refractivity contribution in [1.29, 1.82) is 5.26 Å². The number of likely N-dealkylation sites (tertiary alicyclic amines) is 1. The van der Waals surface area contributed by atoms with Crippen molar-refractivity contribution in [3.63, 3.8) is 0 Å². The summed E-state index contributed by atoms with van der Waals surface area (Å²) >= 11 is 0. The molecule has 1 unspecified atom stereocenters. The van der Waals surface area contributed by atoms with E-state index in [-0.39, 0.29) is 23.8 Å². The molecule has 1 aromatic carbocycles. The number of hydrogen-bond donors (Lipinski definition) is 2. The molecule has 2 aromatic heterocycles. The Morgan fingerprint density at radius 3 is 2.75 bits per heavy atom. The molecule has 1 spiro atoms. The number of aliphatic hydroxyl groups excluding tert-OH is 1. The van der Waals surface area contributed by atoms with Crippen LogP contribution in [0.4, 0.5) is 10.1 Å². The third-order valence-electron chi connectivity index (χ3n) is 8.72. The van der Waals surface area contributed by atoms with Crippen molar-refractivity contribution in [2.45, 2.75) is 44.8 Å². The molecule has 2 saturated heterocycles. The van der Waals surface area contributed by atoms with Crippen molar-refractivity contribution >= 4 is 11.6 Å². The summed E-state index contributed by atoms with van der Waals surface area (Å²) in [5.41, 5.74) is 2.49. The average molecular weight is 601 g/mol. The molecule has 0 radical (unpaired) electrons. The number of anilines is 1. The molecule has 1 amide bonds. The zero-order chi connectivity index (χ0) is 30.7. The van der Waals surface area contributed by atoms with E-state index in [0.717, 1.165) is 57.5 Å². The van der Waals surface area contributed by atoms with Crippen molar-refractivity contribution in [2.75, 3.05) is 50.8 Å². The Balaban J connectivity index is 1.18. The number of benzene rings is 1. The summed E-state index contributed by atoms with van der Waals surface area (Å²) in [5, 5.41) is 22.5. The minimum atomic E-state index is -0.436. The van der Waals surface area contributed by atoms with Gasteiger partial charge in [0, 0.05) is 31.2 Å². The van der Waals surface area contributed by atoms with Crippen LogP contribution in [0.1, 0.15) is 48.7 Å². The Morgan fingerprint density at radius 2 is 2.02 bits per heavy atom. The first-order valence-electron chi connectivity index (χ1n) is 15.2. The molecule has 3 aromatic rings. The summed E-state index contributed by atoms with van der Waals surface area (Å²) in [4.78, 5) is 27.1. The van der Waals surface area contributed by atoms with Crippen molar-refractivity contribution in [1.82, 2.24) is 20.2 Å². The zero-order valence-corrected chi connectivity index (χ0v) is 24.8. The standard InChI is InChI=1S/C33H37FN6O4/c1-2-43-32-26(6-5-11-36-32)27-8-10-29(30(38-27)31(42)37-24(19-41)18-39-12-3-4-13-39)44-25-15-33(16-25)20-40(21-33)28-9-7-23(34)14-22(28)17-35/h5-11,14,24-25,41H,2-4,12-13,15-16,18-21H2,1H3,(H,37,42). The third kappa shape index (κ3) is 6.18. The Kier molecular flexibility index (Phi) is 8.64. The lowest BCUT2D eigenvalue weighted by Crippen LogP contribution is -2.65. The van der Waals surface area contributed by atoms with E-state index in [1.54, 1.807) is 30.5 Å². The molecule has 1 atom stereocenters. The highest BCUT2D eigenvalue weighted by Crippen LogP contribution is 2.51. The van der Waals surface area contributed by atoms with E-state index in [4.69, 9.17) is 14.5 Å². The summed E-state index contributed by atoms with van der Waals surface area (Å²) in [5.74, 6) is -0.0180. The number of halogens is 1. The van der Waals surface area contributed by atoms with Gasteiger partial charge in [-0.15, -0.1) is 0 Å². The lowest BCUT2D eigenvalue weighted by Gasteiger charge is -2.59. The highest BCUT2D eigenvalue weighted by molar-refractivity contribution is 5.96. The minimum absolute atomic E-state index is 0.0569. The zero-order valence-electron chi connectivity index (χ0n) is 24.8. The summed E-state index contributed by atoms with van der Waals surface area (Å²) in [7, 11) is 0. The predicted octanol–water partition coefficient (Wildman–Crippen LogP) is 3.79. The summed E-state index contributed by atoms with van der Waals surface area (Å²) in [6, 6.07) is 13.2. The molecule has 11 heteroatoms. The molecule has 1 aliphatic carbocycles. The lowest BCUT2D eigenvalue weighted by molar-refractivity contribution is -0.0344. The SMILES string of the molecule is CCOc1ncccc1-c1ccc(OC2CC3(C2)CN(c2ccc(F)cc2C#N)C3)c(C(=O)NC(CO)CN2CCCC2)n1. The Morgan fingerprint density at radius 1 is 1.23 bits per heavy atom. The molecule has 3 fully saturated rings. The Hall–Kier alpha value is -4.27. The largest absolute Gasteiger partial charge is 0.488 e. The molecule has 0 bridgehead atoms. The molecule has 230 valence electrons. The molecule has 6 rings (SSSR count). The average Bonchev–Trinajstić information content (AvgIpc) is 3.51. The number of pyridine rings is 2. The van der Waals surface area contributed by atoms with Crippen LogP contribution in [-0.2, 0) is 0 Å². The van der Waals surface area contributed by atoms with Crippen LogP contribution in [0.5, 0.6) is 11.6 Å². The van der Waals surface area contributed by atoms with Crippen molar-refractivity contribution < 1.29 is 23.8 Å². The predicted molar refractivity (Wildman–Crippen MR) is 162 cm³/mol. The molecule has 2 aliphatic heterocycles. The molecule has 2 N–H and O–H groups in total. The van der Waals surface area contributed by atoms with Crippen LogP contribution in [0, 0.1) is 22.6 Å². The van der Waals surface area contributed by atoms with Crippen LogP contribution in [0.3, 0.4) is 0 Å². The molecule has 44 heavy (non-hydrogen) atoms. The quantitative estimate of drug-likeness (QED) is 0.338. The first-order valence-corrected chi connectivity index (χ1v) is 15.2. The topological polar surface area (TPSA) is 124 Å². The monoisotopic (exact) mass is 600 g/mol. The number of carbonyl (C=O) groups is 1. The van der Waals surface area contributed by atoms with Gasteiger partial charge in [-0.3, -0.25) is 4.79 Å². The Labute approximate surface area is 256 Å². The van der Waals surface area contributed by atoms with Gasteiger partial charge >= 0.3 is 0 Å². The second kappa shape index (κ2) is 12.8. The van der Waals surface area contributed by atoms with E-state index in [1.807, 2.05) is 13.0 Å². The fourth-order valence-electron chi connectivity index (χ4n) is 6.61. The van der Waals surface area contributed by atoms with Crippen LogP contribution in [0.2, 0.25) is 0 Å². The van der Waals surface area contributed by atoms with Gasteiger partial charge in [-0.25, -0.2) is 14.4 Å². The number of ether oxygens (including phenoxy) is 2. The number of hydrogen-bond acceptors (Lipinski definition) is 9. The molecule has 3 aliphatic rings. The first kappa shape index (κ1) is 29.8. The number of nitrogens with zero attached hydrogens (tertiary/aromatic N) is 5. The third-order valence-corrected chi connectivity index (χ3v) is 8.72. The summed E-state index contributed by atoms with van der Waals surface area (Å²) in [6.45, 7) is 6.13. The van der Waals surface area contributed by atoms with Crippen molar-refractivity contribution in [3.05, 3.63) is 65.7 Å². The first-order chi connectivity index (χ1) is 21.4. The highest BCUT2D eigenvalue weighted by atomic mass is 19.1. The lowest BCUT2D eigenvalue weighted by atomic mass is 9.61. The maximum absolute atomic E-state index is 13.7. The number of nitriles is 1. The van der Waals surface area contributed by atoms with Crippen LogP contribution < -0.4 is 19.7 Å². The van der Waals surface area contributed by atoms with Crippen molar-refractivity contribution in [3.8, 4) is 29.0 Å². The van der Waals surface area contributed by atoms with Gasteiger partial charge in [0.1, 0.15) is 18.0 Å². The normalized spacial score (nSPS) is 18.3. The van der Waals surface area contributed by atoms with E-state index < -0.39 is 17.8 Å². The van der Waals surface area contributed by atoms with Gasteiger partial charge in [0.15, 0.2) is 11.4 Å². The fourth-order valence-corrected chi connectivity index (χ4v) is 6.61. The van der Waals surface area contributed by atoms with E-state index in [1.165, 1.54) is 12.1 Å². The molecule has 4 heterocycles. The number of nitrogens with one attached hydrogen (secondary N) is 1. The maximum Gasteiger partial charge on any atom is 0.274 e. The van der Waals surface area contributed by atoms with Crippen LogP contribution >= 0.6 is 0 Å². The number of aliphatic hydroxyl groups is 1. The van der Waals surface area contributed by atoms with Gasteiger partial charge < -0.3 is 29.7 Å². The van der Waals surface area contributed by atoms with Gasteiger partial charge in [0.25, 0.3) is 5.91 Å². The molecular weight excluding hydrogens is 563 g/mol. The number of carbonyl (C=O) groups excluding carboxylic acids is 1. The molecule has 1 saturated carbocycles. The van der Waals surface area contributed by atoms with E-state index in [9.17, 15) is 19.6 Å². The van der Waals surface area contributed by atoms with Gasteiger partial charge in [-0.05, 0) is 88.2 Å². The van der Waals surface area contributed by atoms with Crippen LogP contribution in [0.25, 0.3) is 11.3 Å². The summed E-state index contributed by atoms with van der Waals surface area (Å²) in [6.07, 6.45) is 5.36. The fraction of sp³-hybridized carbons (Fsp3) is 0.455. The number of amides is 1. The highest BCUT2D eigenvalue weighted by Gasteiger charge is 2.54. The molecule has 10 nitrogen and oxygen atoms in total. The second-order valence-corrected chi connectivity index (χ2v) is 12.0. The van der Waals surface area contributed by atoms with Gasteiger partial charge in [0.05, 0.1) is 41.8 Å². The van der Waals surface area contributed by atoms with Gasteiger partial charge in [0.2, 0.25) is 5.88 Å². The van der Waals surface area contributed by atoms with Crippen LogP contribution in [0.15, 0.2) is 48.7 Å². The minimum Gasteiger partial charge on any atom is -0.488 e. The van der Waals surface area contributed by atoms with Gasteiger partial charge in [-0.2, -0.15) is 5.26 Å². The van der Waals surface area contributed by atoms with E-state index in [0.29, 0.717) is 41.6 Å². The van der Waals surface area contributed by atoms with E-state index in [2.05, 4.69) is 26.2 Å².